The fourth-order valence-corrected chi connectivity index (χ4v) is 2.37. The van der Waals surface area contributed by atoms with Crippen molar-refractivity contribution in [2.75, 3.05) is 0 Å². The van der Waals surface area contributed by atoms with Crippen molar-refractivity contribution in [1.82, 2.24) is 0 Å². The van der Waals surface area contributed by atoms with Gasteiger partial charge in [0.25, 0.3) is 0 Å². The first-order valence-electron chi connectivity index (χ1n) is 4.41. The van der Waals surface area contributed by atoms with Crippen LogP contribution in [0.3, 0.4) is 0 Å². The van der Waals surface area contributed by atoms with Crippen LogP contribution in [0.2, 0.25) is 0 Å². The third-order valence-electron chi connectivity index (χ3n) is 2.54. The van der Waals surface area contributed by atoms with Gasteiger partial charge in [0.15, 0.2) is 0 Å². The lowest BCUT2D eigenvalue weighted by molar-refractivity contribution is 0.445. The lowest BCUT2D eigenvalue weighted by Crippen LogP contribution is -2.16. The van der Waals surface area contributed by atoms with Gasteiger partial charge in [0.2, 0.25) is 0 Å². The van der Waals surface area contributed by atoms with Crippen LogP contribution < -0.4 is 0 Å². The van der Waals surface area contributed by atoms with Crippen molar-refractivity contribution in [3.8, 4) is 0 Å². The summed E-state index contributed by atoms with van der Waals surface area (Å²) >= 11 is 6.21. The van der Waals surface area contributed by atoms with Crippen molar-refractivity contribution in [3.63, 3.8) is 0 Å². The molecule has 0 spiro atoms. The Morgan fingerprint density at radius 3 is 2.55 bits per heavy atom. The summed E-state index contributed by atoms with van der Waals surface area (Å²) in [6.07, 6.45) is 3.71. The molecule has 1 saturated carbocycles. The summed E-state index contributed by atoms with van der Waals surface area (Å²) in [5.41, 5.74) is 2.92. The summed E-state index contributed by atoms with van der Waals surface area (Å²) in [4.78, 5) is 0. The first-order chi connectivity index (χ1) is 5.11. The molecule has 0 aliphatic heterocycles. The lowest BCUT2D eigenvalue weighted by Gasteiger charge is -2.26. The number of hydrogen-bond acceptors (Lipinski definition) is 0. The van der Waals surface area contributed by atoms with Gasteiger partial charge in [0, 0.05) is 0 Å². The van der Waals surface area contributed by atoms with Crippen LogP contribution >= 0.6 is 11.6 Å². The average Bonchev–Trinajstić information content (AvgIpc) is 1.85. The monoisotopic (exact) mass is 172 g/mol. The van der Waals surface area contributed by atoms with Crippen LogP contribution in [0.5, 0.6) is 0 Å². The zero-order chi connectivity index (χ0) is 8.43. The van der Waals surface area contributed by atoms with E-state index in [1.54, 1.807) is 0 Å². The third-order valence-corrected chi connectivity index (χ3v) is 2.98. The summed E-state index contributed by atoms with van der Waals surface area (Å²) in [5.74, 6) is 0.820. The Kier molecular flexibility index (Phi) is 3.00. The average molecular weight is 173 g/mol. The van der Waals surface area contributed by atoms with Crippen molar-refractivity contribution in [3.05, 3.63) is 11.1 Å². The van der Waals surface area contributed by atoms with E-state index in [1.807, 2.05) is 0 Å². The van der Waals surface area contributed by atoms with Gasteiger partial charge in [-0.2, -0.15) is 0 Å². The van der Waals surface area contributed by atoms with Crippen LogP contribution in [0.1, 0.15) is 40.0 Å². The Morgan fingerprint density at radius 1 is 1.45 bits per heavy atom. The maximum absolute atomic E-state index is 6.21. The van der Waals surface area contributed by atoms with Crippen LogP contribution in [0.15, 0.2) is 11.1 Å². The molecule has 2 atom stereocenters. The number of hydrogen-bond donors (Lipinski definition) is 0. The maximum Gasteiger partial charge on any atom is 0.0550 e. The van der Waals surface area contributed by atoms with Gasteiger partial charge in [0.05, 0.1) is 5.38 Å². The highest BCUT2D eigenvalue weighted by atomic mass is 35.5. The highest BCUT2D eigenvalue weighted by Crippen LogP contribution is 2.33. The van der Waals surface area contributed by atoms with Gasteiger partial charge in [-0.1, -0.05) is 18.1 Å². The number of allylic oxidation sites excluding steroid dienone is 2. The summed E-state index contributed by atoms with van der Waals surface area (Å²) in [5, 5.41) is 0.323. The van der Waals surface area contributed by atoms with Crippen LogP contribution in [0.25, 0.3) is 0 Å². The molecule has 1 rings (SSSR count). The highest BCUT2D eigenvalue weighted by molar-refractivity contribution is 6.22. The second-order valence-electron chi connectivity index (χ2n) is 3.87. The van der Waals surface area contributed by atoms with Gasteiger partial charge >= 0.3 is 0 Å². The molecule has 0 nitrogen and oxygen atoms in total. The molecule has 0 aromatic heterocycles. The predicted octanol–water partition coefficient (Wildman–Crippen LogP) is 3.75. The van der Waals surface area contributed by atoms with E-state index in [0.717, 1.165) is 5.92 Å². The zero-order valence-electron chi connectivity index (χ0n) is 7.65. The Morgan fingerprint density at radius 2 is 2.09 bits per heavy atom. The molecule has 0 N–H and O–H groups in total. The molecule has 0 amide bonds. The molecular formula is C10H17Cl. The molecule has 0 aromatic carbocycles. The first-order valence-corrected chi connectivity index (χ1v) is 4.85. The van der Waals surface area contributed by atoms with E-state index in [0.29, 0.717) is 5.38 Å². The molecule has 0 bridgehead atoms. The molecule has 1 heteroatoms. The Balaban J connectivity index is 2.65. The zero-order valence-corrected chi connectivity index (χ0v) is 8.41. The molecule has 1 fully saturated rings. The Bertz CT molecular complexity index is 166. The number of halogens is 1. The van der Waals surface area contributed by atoms with E-state index in [-0.39, 0.29) is 0 Å². The summed E-state index contributed by atoms with van der Waals surface area (Å²) in [7, 11) is 0. The first kappa shape index (κ1) is 9.12. The van der Waals surface area contributed by atoms with Gasteiger partial charge in [-0.3, -0.25) is 0 Å². The van der Waals surface area contributed by atoms with Gasteiger partial charge in [-0.05, 0) is 39.0 Å². The highest BCUT2D eigenvalue weighted by Gasteiger charge is 2.21. The van der Waals surface area contributed by atoms with Crippen molar-refractivity contribution in [1.29, 1.82) is 0 Å². The Hall–Kier alpha value is 0.0300. The van der Waals surface area contributed by atoms with Gasteiger partial charge in [-0.25, -0.2) is 0 Å². The number of rotatable bonds is 0. The van der Waals surface area contributed by atoms with E-state index in [4.69, 9.17) is 11.6 Å². The second kappa shape index (κ2) is 3.62. The summed E-state index contributed by atoms with van der Waals surface area (Å²) < 4.78 is 0. The molecule has 11 heavy (non-hydrogen) atoms. The predicted molar refractivity (Wildman–Crippen MR) is 51.0 cm³/mol. The minimum Gasteiger partial charge on any atom is -0.118 e. The SMILES string of the molecule is CC(C)=C1CCC(C)CC1Cl. The summed E-state index contributed by atoms with van der Waals surface area (Å²) in [6, 6.07) is 0. The molecule has 0 saturated heterocycles. The van der Waals surface area contributed by atoms with Gasteiger partial charge in [0.1, 0.15) is 0 Å². The topological polar surface area (TPSA) is 0 Å². The molecule has 1 aliphatic rings. The standard InChI is InChI=1S/C10H17Cl/c1-7(2)9-5-4-8(3)6-10(9)11/h8,10H,4-6H2,1-3H3. The minimum absolute atomic E-state index is 0.323. The molecule has 0 radical (unpaired) electrons. The van der Waals surface area contributed by atoms with E-state index in [2.05, 4.69) is 20.8 Å². The maximum atomic E-state index is 6.21. The van der Waals surface area contributed by atoms with Crippen LogP contribution in [0.4, 0.5) is 0 Å². The minimum atomic E-state index is 0.323. The van der Waals surface area contributed by atoms with E-state index in [9.17, 15) is 0 Å². The summed E-state index contributed by atoms with van der Waals surface area (Å²) in [6.45, 7) is 6.62. The second-order valence-corrected chi connectivity index (χ2v) is 4.40. The molecular weight excluding hydrogens is 156 g/mol. The molecule has 0 heterocycles. The van der Waals surface area contributed by atoms with E-state index in [1.165, 1.54) is 30.4 Å². The molecule has 2 unspecified atom stereocenters. The van der Waals surface area contributed by atoms with Crippen LogP contribution in [-0.4, -0.2) is 5.38 Å². The number of alkyl halides is 1. The molecule has 0 aromatic rings. The lowest BCUT2D eigenvalue weighted by atomic mass is 9.85. The largest absolute Gasteiger partial charge is 0.118 e. The quantitative estimate of drug-likeness (QED) is 0.386. The van der Waals surface area contributed by atoms with Crippen LogP contribution in [-0.2, 0) is 0 Å². The van der Waals surface area contributed by atoms with Crippen molar-refractivity contribution >= 4 is 11.6 Å². The van der Waals surface area contributed by atoms with Crippen molar-refractivity contribution in [2.45, 2.75) is 45.4 Å². The van der Waals surface area contributed by atoms with Gasteiger partial charge < -0.3 is 0 Å². The van der Waals surface area contributed by atoms with E-state index >= 15 is 0 Å². The fourth-order valence-electron chi connectivity index (χ4n) is 1.74. The van der Waals surface area contributed by atoms with Crippen LogP contribution in [0, 0.1) is 5.92 Å². The third kappa shape index (κ3) is 2.23. The molecule has 64 valence electrons. The fraction of sp³-hybridized carbons (Fsp3) is 0.800. The molecule has 1 aliphatic carbocycles. The van der Waals surface area contributed by atoms with E-state index < -0.39 is 0 Å². The smallest absolute Gasteiger partial charge is 0.0550 e. The van der Waals surface area contributed by atoms with Crippen molar-refractivity contribution < 1.29 is 0 Å². The normalized spacial score (nSPS) is 32.2. The Labute approximate surface area is 74.6 Å². The van der Waals surface area contributed by atoms with Gasteiger partial charge in [-0.15, -0.1) is 11.6 Å². The van der Waals surface area contributed by atoms with Crippen molar-refractivity contribution in [2.24, 2.45) is 5.92 Å².